The minimum absolute atomic E-state index is 0.0881. The molecule has 1 atom stereocenters. The number of nitrogens with zero attached hydrogens (tertiary/aromatic N) is 2. The van der Waals surface area contributed by atoms with Crippen LogP contribution in [0.4, 0.5) is 0 Å². The van der Waals surface area contributed by atoms with E-state index in [0.29, 0.717) is 37.6 Å². The van der Waals surface area contributed by atoms with Gasteiger partial charge < -0.3 is 14.4 Å². The molecule has 1 fully saturated rings. The number of amidine groups is 1. The first-order chi connectivity index (χ1) is 16.5. The number of unbranched alkanes of at least 4 members (excludes halogenated alkanes) is 2. The fraction of sp³-hybridized carbons (Fsp3) is 0.440. The number of hydrogen-bond acceptors (Lipinski definition) is 6. The van der Waals surface area contributed by atoms with Crippen molar-refractivity contribution in [3.05, 3.63) is 53.6 Å². The summed E-state index contributed by atoms with van der Waals surface area (Å²) in [6, 6.07) is 12.9. The zero-order valence-electron chi connectivity index (χ0n) is 19.0. The van der Waals surface area contributed by atoms with Crippen LogP contribution in [0, 0.1) is 0 Å². The van der Waals surface area contributed by atoms with Crippen molar-refractivity contribution in [2.75, 3.05) is 26.3 Å². The molecular weight excluding hydrogens is 454 g/mol. The van der Waals surface area contributed by atoms with Gasteiger partial charge in [0.15, 0.2) is 11.5 Å². The van der Waals surface area contributed by atoms with Crippen LogP contribution in [0.15, 0.2) is 52.4 Å². The number of ether oxygens (including phenoxy) is 2. The first-order valence-corrected chi connectivity index (χ1v) is 13.4. The van der Waals surface area contributed by atoms with Crippen LogP contribution < -0.4 is 14.2 Å². The van der Waals surface area contributed by atoms with Gasteiger partial charge in [0.1, 0.15) is 19.0 Å². The van der Waals surface area contributed by atoms with E-state index in [2.05, 4.69) is 9.71 Å². The molecule has 2 aromatic carbocycles. The first kappa shape index (κ1) is 22.7. The zero-order chi connectivity index (χ0) is 23.5. The number of hydrogen-bond donors (Lipinski definition) is 1. The molecule has 1 N–H and O–H groups in total. The lowest BCUT2D eigenvalue weighted by Crippen LogP contribution is -2.30. The molecule has 34 heavy (non-hydrogen) atoms. The van der Waals surface area contributed by atoms with E-state index in [1.165, 1.54) is 0 Å². The molecule has 5 rings (SSSR count). The second-order valence-corrected chi connectivity index (χ2v) is 10.4. The third-order valence-corrected chi connectivity index (χ3v) is 7.90. The number of nitrogens with one attached hydrogen (secondary N) is 1. The summed E-state index contributed by atoms with van der Waals surface area (Å²) in [5, 5.41) is 0. The van der Waals surface area contributed by atoms with E-state index in [0.717, 1.165) is 55.7 Å². The largest absolute Gasteiger partial charge is 0.486 e. The fourth-order valence-electron chi connectivity index (χ4n) is 4.83. The Labute approximate surface area is 200 Å². The van der Waals surface area contributed by atoms with Gasteiger partial charge in [0.25, 0.3) is 10.0 Å². The number of aliphatic imine (C=N–C) groups is 1. The Kier molecular flexibility index (Phi) is 6.45. The Morgan fingerprint density at radius 2 is 1.88 bits per heavy atom. The second kappa shape index (κ2) is 9.66. The van der Waals surface area contributed by atoms with E-state index in [4.69, 9.17) is 9.47 Å². The average molecular weight is 484 g/mol. The zero-order valence-corrected chi connectivity index (χ0v) is 19.9. The van der Waals surface area contributed by atoms with Crippen molar-refractivity contribution in [3.8, 4) is 11.5 Å². The summed E-state index contributed by atoms with van der Waals surface area (Å²) in [5.74, 6) is 2.12. The molecule has 3 aliphatic heterocycles. The van der Waals surface area contributed by atoms with Crippen LogP contribution in [0.25, 0.3) is 0 Å². The van der Waals surface area contributed by atoms with Gasteiger partial charge in [0.2, 0.25) is 5.91 Å². The van der Waals surface area contributed by atoms with Gasteiger partial charge in [-0.25, -0.2) is 8.42 Å². The summed E-state index contributed by atoms with van der Waals surface area (Å²) < 4.78 is 38.2. The Bertz CT molecular complexity index is 1210. The van der Waals surface area contributed by atoms with Gasteiger partial charge in [-0.3, -0.25) is 14.5 Å². The summed E-state index contributed by atoms with van der Waals surface area (Å²) in [6.45, 7) is 2.42. The Morgan fingerprint density at radius 3 is 2.76 bits per heavy atom. The molecule has 9 heteroatoms. The van der Waals surface area contributed by atoms with Crippen LogP contribution in [0.3, 0.4) is 0 Å². The quantitative estimate of drug-likeness (QED) is 0.609. The lowest BCUT2D eigenvalue weighted by atomic mass is 10.0. The van der Waals surface area contributed by atoms with Crippen molar-refractivity contribution in [2.24, 2.45) is 4.99 Å². The van der Waals surface area contributed by atoms with Gasteiger partial charge in [-0.05, 0) is 55.5 Å². The summed E-state index contributed by atoms with van der Waals surface area (Å²) >= 11 is 0. The third kappa shape index (κ3) is 4.61. The number of sulfonamides is 1. The number of fused-ring (bicyclic) bond motifs is 2. The maximum atomic E-state index is 12.9. The topological polar surface area (TPSA) is 97.3 Å². The lowest BCUT2D eigenvalue weighted by molar-refractivity contribution is -0.132. The van der Waals surface area contributed by atoms with Crippen molar-refractivity contribution in [3.63, 3.8) is 0 Å². The van der Waals surface area contributed by atoms with Gasteiger partial charge in [-0.15, -0.1) is 0 Å². The number of rotatable bonds is 7. The average Bonchev–Trinajstić information content (AvgIpc) is 3.44. The number of benzene rings is 2. The van der Waals surface area contributed by atoms with Gasteiger partial charge in [-0.1, -0.05) is 24.6 Å². The summed E-state index contributed by atoms with van der Waals surface area (Å²) in [7, 11) is -3.50. The van der Waals surface area contributed by atoms with Gasteiger partial charge in [0.05, 0.1) is 10.9 Å². The molecule has 8 nitrogen and oxygen atoms in total. The normalized spacial score (nSPS) is 21.4. The predicted octanol–water partition coefficient (Wildman–Crippen LogP) is 3.42. The second-order valence-electron chi connectivity index (χ2n) is 8.79. The molecule has 1 amide bonds. The Morgan fingerprint density at radius 1 is 1.06 bits per heavy atom. The third-order valence-electron chi connectivity index (χ3n) is 6.51. The summed E-state index contributed by atoms with van der Waals surface area (Å²) in [5.41, 5.74) is 1.72. The molecule has 0 radical (unpaired) electrons. The number of carbonyl (C=O) groups excluding carboxylic acids is 1. The van der Waals surface area contributed by atoms with E-state index in [-0.39, 0.29) is 16.8 Å². The van der Waals surface area contributed by atoms with E-state index in [1.807, 2.05) is 23.1 Å². The molecule has 0 bridgehead atoms. The van der Waals surface area contributed by atoms with Crippen LogP contribution in [-0.2, 0) is 14.8 Å². The highest BCUT2D eigenvalue weighted by molar-refractivity contribution is 7.90. The molecule has 0 aliphatic carbocycles. The fourth-order valence-corrected chi connectivity index (χ4v) is 6.08. The highest BCUT2D eigenvalue weighted by Crippen LogP contribution is 2.38. The van der Waals surface area contributed by atoms with Crippen molar-refractivity contribution in [2.45, 2.75) is 49.5 Å². The molecule has 0 unspecified atom stereocenters. The molecule has 0 saturated carbocycles. The number of amides is 1. The van der Waals surface area contributed by atoms with Crippen LogP contribution >= 0.6 is 0 Å². The minimum Gasteiger partial charge on any atom is -0.486 e. The molecule has 3 heterocycles. The van der Waals surface area contributed by atoms with Gasteiger partial charge >= 0.3 is 0 Å². The Balaban J connectivity index is 1.10. The lowest BCUT2D eigenvalue weighted by Gasteiger charge is -2.27. The smallest absolute Gasteiger partial charge is 0.263 e. The number of likely N-dealkylation sites (tertiary alicyclic amines) is 1. The molecule has 3 aliphatic rings. The van der Waals surface area contributed by atoms with Crippen LogP contribution in [0.1, 0.15) is 55.7 Å². The van der Waals surface area contributed by atoms with Crippen molar-refractivity contribution in [1.82, 2.24) is 9.62 Å². The van der Waals surface area contributed by atoms with E-state index in [1.54, 1.807) is 24.3 Å². The van der Waals surface area contributed by atoms with Crippen molar-refractivity contribution in [1.29, 1.82) is 0 Å². The van der Waals surface area contributed by atoms with E-state index < -0.39 is 10.0 Å². The molecule has 180 valence electrons. The van der Waals surface area contributed by atoms with Crippen LogP contribution in [0.2, 0.25) is 0 Å². The summed E-state index contributed by atoms with van der Waals surface area (Å²) in [6.07, 6.45) is 4.91. The monoisotopic (exact) mass is 483 g/mol. The maximum absolute atomic E-state index is 12.9. The minimum atomic E-state index is -3.50. The van der Waals surface area contributed by atoms with Crippen molar-refractivity contribution < 1.29 is 22.7 Å². The molecule has 0 spiro atoms. The SMILES string of the molecule is O=C(CCCCCN=C1NS(=O)(=O)c2ccccc21)N1CCC[C@H]1c1ccc2c(c1)OCCO2. The molecule has 1 saturated heterocycles. The molecule has 0 aromatic heterocycles. The maximum Gasteiger partial charge on any atom is 0.263 e. The van der Waals surface area contributed by atoms with Gasteiger partial charge in [-0.2, -0.15) is 0 Å². The predicted molar refractivity (Wildman–Crippen MR) is 128 cm³/mol. The van der Waals surface area contributed by atoms with Gasteiger partial charge in [0, 0.05) is 25.1 Å². The highest BCUT2D eigenvalue weighted by Gasteiger charge is 2.31. The summed E-state index contributed by atoms with van der Waals surface area (Å²) in [4.78, 5) is 19.7. The number of carbonyl (C=O) groups is 1. The highest BCUT2D eigenvalue weighted by atomic mass is 32.2. The van der Waals surface area contributed by atoms with Crippen molar-refractivity contribution >= 4 is 21.8 Å². The first-order valence-electron chi connectivity index (χ1n) is 11.9. The van der Waals surface area contributed by atoms with Crippen LogP contribution in [0.5, 0.6) is 11.5 Å². The van der Waals surface area contributed by atoms with E-state index in [9.17, 15) is 13.2 Å². The van der Waals surface area contributed by atoms with Crippen LogP contribution in [-0.4, -0.2) is 51.4 Å². The standard InChI is InChI=1S/C25H29N3O5S/c29-24(28-14-6-8-20(28)18-11-12-21-22(17-18)33-16-15-32-21)10-2-1-5-13-26-25-19-7-3-4-9-23(19)34(30,31)27-25/h3-4,7,9,11-12,17,20H,1-2,5-6,8,10,13-16H2,(H,26,27)/t20-/m0/s1. The molecule has 2 aromatic rings. The molecular formula is C25H29N3O5S. The Hall–Kier alpha value is -3.07. The van der Waals surface area contributed by atoms with E-state index >= 15 is 0 Å².